The number of halogens is 1. The summed E-state index contributed by atoms with van der Waals surface area (Å²) in [6.45, 7) is 5.66. The van der Waals surface area contributed by atoms with Gasteiger partial charge in [-0.25, -0.2) is 0 Å². The lowest BCUT2D eigenvalue weighted by atomic mass is 10.0. The van der Waals surface area contributed by atoms with Crippen molar-refractivity contribution in [1.29, 1.82) is 0 Å². The zero-order valence-corrected chi connectivity index (χ0v) is 14.9. The highest BCUT2D eigenvalue weighted by Crippen LogP contribution is 2.20. The first-order valence-corrected chi connectivity index (χ1v) is 8.75. The molecule has 1 unspecified atom stereocenters. The average Bonchev–Trinajstić information content (AvgIpc) is 2.49. The van der Waals surface area contributed by atoms with Crippen LogP contribution in [0.3, 0.4) is 0 Å². The fourth-order valence-electron chi connectivity index (χ4n) is 2.46. The Hall–Kier alpha value is -0.420. The van der Waals surface area contributed by atoms with Gasteiger partial charge in [-0.1, -0.05) is 35.0 Å². The lowest BCUT2D eigenvalue weighted by Gasteiger charge is -2.23. The number of hydrogen-bond donors (Lipinski definition) is 2. The zero-order chi connectivity index (χ0) is 15.5. The normalized spacial score (nSPS) is 12.8. The van der Waals surface area contributed by atoms with Crippen molar-refractivity contribution in [2.75, 3.05) is 33.3 Å². The number of aliphatic hydroxyl groups is 1. The van der Waals surface area contributed by atoms with Crippen LogP contribution in [0.15, 0.2) is 28.7 Å². The van der Waals surface area contributed by atoms with Crippen molar-refractivity contribution >= 4 is 15.9 Å². The third kappa shape index (κ3) is 7.96. The lowest BCUT2D eigenvalue weighted by Crippen LogP contribution is -2.28. The Morgan fingerprint density at radius 3 is 2.48 bits per heavy atom. The molecule has 21 heavy (non-hydrogen) atoms. The largest absolute Gasteiger partial charge is 0.396 e. The Morgan fingerprint density at radius 1 is 1.14 bits per heavy atom. The highest BCUT2D eigenvalue weighted by molar-refractivity contribution is 9.10. The molecule has 3 nitrogen and oxygen atoms in total. The van der Waals surface area contributed by atoms with Crippen LogP contribution in [-0.2, 0) is 0 Å². The number of aliphatic hydroxyl groups excluding tert-OH is 1. The topological polar surface area (TPSA) is 35.5 Å². The summed E-state index contributed by atoms with van der Waals surface area (Å²) in [5, 5.41) is 12.4. The Kier molecular flexibility index (Phi) is 9.92. The quantitative estimate of drug-likeness (QED) is 0.594. The summed E-state index contributed by atoms with van der Waals surface area (Å²) in [5.41, 5.74) is 1.36. The van der Waals surface area contributed by atoms with Gasteiger partial charge in [0.05, 0.1) is 0 Å². The average molecular weight is 357 g/mol. The van der Waals surface area contributed by atoms with Gasteiger partial charge in [-0.05, 0) is 70.1 Å². The van der Waals surface area contributed by atoms with Crippen LogP contribution in [0, 0.1) is 0 Å². The van der Waals surface area contributed by atoms with E-state index in [4.69, 9.17) is 5.11 Å². The molecule has 0 aromatic heterocycles. The Bertz CT molecular complexity index is 370. The summed E-state index contributed by atoms with van der Waals surface area (Å²) in [7, 11) is 2.18. The molecule has 0 fully saturated rings. The predicted molar refractivity (Wildman–Crippen MR) is 93.6 cm³/mol. The maximum absolute atomic E-state index is 8.79. The Balaban J connectivity index is 2.38. The predicted octanol–water partition coefficient (Wildman–Crippen LogP) is 3.58. The minimum atomic E-state index is 0.315. The van der Waals surface area contributed by atoms with Crippen molar-refractivity contribution in [2.24, 2.45) is 0 Å². The standard InChI is InChI=1S/C17H29BrN2O/c1-3-19-17(15-7-9-16(18)10-8-15)11-13-20(2)12-5-4-6-14-21/h7-10,17,19,21H,3-6,11-14H2,1-2H3. The summed E-state index contributed by atoms with van der Waals surface area (Å²) in [6, 6.07) is 9.02. The smallest absolute Gasteiger partial charge is 0.0431 e. The molecule has 120 valence electrons. The highest BCUT2D eigenvalue weighted by Gasteiger charge is 2.11. The second-order valence-corrected chi connectivity index (χ2v) is 6.45. The first-order valence-electron chi connectivity index (χ1n) is 7.95. The van der Waals surface area contributed by atoms with Gasteiger partial charge in [-0.15, -0.1) is 0 Å². The van der Waals surface area contributed by atoms with E-state index in [-0.39, 0.29) is 0 Å². The first kappa shape index (κ1) is 18.6. The monoisotopic (exact) mass is 356 g/mol. The molecule has 0 aliphatic rings. The van der Waals surface area contributed by atoms with Crippen LogP contribution in [0.2, 0.25) is 0 Å². The van der Waals surface area contributed by atoms with E-state index in [1.165, 1.54) is 12.0 Å². The first-order chi connectivity index (χ1) is 10.2. The molecule has 0 bridgehead atoms. The van der Waals surface area contributed by atoms with Crippen LogP contribution in [0.25, 0.3) is 0 Å². The molecule has 0 radical (unpaired) electrons. The van der Waals surface area contributed by atoms with Crippen LogP contribution >= 0.6 is 15.9 Å². The minimum Gasteiger partial charge on any atom is -0.396 e. The van der Waals surface area contributed by atoms with Gasteiger partial charge in [0.15, 0.2) is 0 Å². The molecule has 0 saturated carbocycles. The van der Waals surface area contributed by atoms with Crippen molar-refractivity contribution in [2.45, 2.75) is 38.6 Å². The number of rotatable bonds is 11. The van der Waals surface area contributed by atoms with Gasteiger partial charge in [0.1, 0.15) is 0 Å². The van der Waals surface area contributed by atoms with Gasteiger partial charge in [0.2, 0.25) is 0 Å². The number of nitrogens with one attached hydrogen (secondary N) is 1. The van der Waals surface area contributed by atoms with Gasteiger partial charge in [0, 0.05) is 17.1 Å². The van der Waals surface area contributed by atoms with E-state index in [1.807, 2.05) is 0 Å². The van der Waals surface area contributed by atoms with Crippen molar-refractivity contribution in [3.63, 3.8) is 0 Å². The van der Waals surface area contributed by atoms with Crippen LogP contribution in [-0.4, -0.2) is 43.3 Å². The SMILES string of the molecule is CCNC(CCN(C)CCCCCO)c1ccc(Br)cc1. The van der Waals surface area contributed by atoms with Crippen LogP contribution in [0.5, 0.6) is 0 Å². The van der Waals surface area contributed by atoms with E-state index >= 15 is 0 Å². The highest BCUT2D eigenvalue weighted by atomic mass is 79.9. The maximum Gasteiger partial charge on any atom is 0.0431 e. The van der Waals surface area contributed by atoms with Crippen molar-refractivity contribution in [3.8, 4) is 0 Å². The minimum absolute atomic E-state index is 0.315. The molecule has 1 aromatic rings. The summed E-state index contributed by atoms with van der Waals surface area (Å²) < 4.78 is 1.13. The molecule has 1 rings (SSSR count). The van der Waals surface area contributed by atoms with E-state index in [9.17, 15) is 0 Å². The number of nitrogens with zero attached hydrogens (tertiary/aromatic N) is 1. The van der Waals surface area contributed by atoms with Crippen LogP contribution in [0.1, 0.15) is 44.2 Å². The van der Waals surface area contributed by atoms with E-state index in [1.54, 1.807) is 0 Å². The third-order valence-corrected chi connectivity index (χ3v) is 4.25. The molecule has 0 spiro atoms. The molecular formula is C17H29BrN2O. The fraction of sp³-hybridized carbons (Fsp3) is 0.647. The van der Waals surface area contributed by atoms with Gasteiger partial charge in [0.25, 0.3) is 0 Å². The molecule has 4 heteroatoms. The van der Waals surface area contributed by atoms with Crippen molar-refractivity contribution in [1.82, 2.24) is 10.2 Å². The molecule has 0 heterocycles. The summed E-state index contributed by atoms with van der Waals surface area (Å²) in [6.07, 6.45) is 4.32. The molecule has 0 aliphatic carbocycles. The fourth-order valence-corrected chi connectivity index (χ4v) is 2.72. The van der Waals surface area contributed by atoms with Crippen LogP contribution < -0.4 is 5.32 Å². The maximum atomic E-state index is 8.79. The molecule has 0 saturated heterocycles. The molecule has 1 aromatic carbocycles. The van der Waals surface area contributed by atoms with Crippen molar-refractivity contribution < 1.29 is 5.11 Å². The second-order valence-electron chi connectivity index (χ2n) is 5.54. The van der Waals surface area contributed by atoms with Gasteiger partial charge < -0.3 is 15.3 Å². The summed E-state index contributed by atoms with van der Waals surface area (Å²) >= 11 is 3.49. The van der Waals surface area contributed by atoms with Crippen LogP contribution in [0.4, 0.5) is 0 Å². The molecule has 1 atom stereocenters. The molecular weight excluding hydrogens is 328 g/mol. The van der Waals surface area contributed by atoms with Gasteiger partial charge in [-0.3, -0.25) is 0 Å². The zero-order valence-electron chi connectivity index (χ0n) is 13.3. The number of benzene rings is 1. The van der Waals surface area contributed by atoms with E-state index < -0.39 is 0 Å². The summed E-state index contributed by atoms with van der Waals surface area (Å²) in [5.74, 6) is 0. The molecule has 0 amide bonds. The Labute approximate surface area is 137 Å². The third-order valence-electron chi connectivity index (χ3n) is 3.72. The molecule has 2 N–H and O–H groups in total. The lowest BCUT2D eigenvalue weighted by molar-refractivity contribution is 0.268. The van der Waals surface area contributed by atoms with Gasteiger partial charge >= 0.3 is 0 Å². The van der Waals surface area contributed by atoms with E-state index in [2.05, 4.69) is 64.4 Å². The summed E-state index contributed by atoms with van der Waals surface area (Å²) in [4.78, 5) is 2.39. The number of unbranched alkanes of at least 4 members (excludes halogenated alkanes) is 2. The van der Waals surface area contributed by atoms with Gasteiger partial charge in [-0.2, -0.15) is 0 Å². The number of hydrogen-bond acceptors (Lipinski definition) is 3. The Morgan fingerprint density at radius 2 is 1.86 bits per heavy atom. The second kappa shape index (κ2) is 11.2. The van der Waals surface area contributed by atoms with Crippen molar-refractivity contribution in [3.05, 3.63) is 34.3 Å². The van der Waals surface area contributed by atoms with E-state index in [0.29, 0.717) is 12.6 Å². The van der Waals surface area contributed by atoms with E-state index in [0.717, 1.165) is 43.4 Å². The molecule has 0 aliphatic heterocycles.